The van der Waals surface area contributed by atoms with Gasteiger partial charge < -0.3 is 13.8 Å². The SMILES string of the molecule is CC(C)(C)c1ccc(C2=CC(c3ccc(C(C)(C)C)cc3)=N/C2=C(/CCCCC2CCCCC2)c2c(-c3ccc(C(C)(C)C)cc3)cc(-c3ccc(C(C)(C)C)cc3)n2B(OCC(F)(F)P)OCC(F)(F)C(F)(F)F)cc1. The van der Waals surface area contributed by atoms with Gasteiger partial charge in [0, 0.05) is 33.7 Å². The normalized spacial score (nSPS) is 16.2. The highest BCUT2D eigenvalue weighted by molar-refractivity contribution is 7.18. The summed E-state index contributed by atoms with van der Waals surface area (Å²) in [7, 11) is -0.852. The van der Waals surface area contributed by atoms with E-state index in [1.165, 1.54) is 33.0 Å². The van der Waals surface area contributed by atoms with Crippen molar-refractivity contribution in [1.29, 1.82) is 0 Å². The summed E-state index contributed by atoms with van der Waals surface area (Å²) in [6, 6.07) is 34.0. The van der Waals surface area contributed by atoms with Crippen molar-refractivity contribution in [2.45, 2.75) is 180 Å². The van der Waals surface area contributed by atoms with Crippen molar-refractivity contribution in [3.63, 3.8) is 0 Å². The molecule has 4 aromatic carbocycles. The molecule has 77 heavy (non-hydrogen) atoms. The van der Waals surface area contributed by atoms with Gasteiger partial charge >= 0.3 is 19.4 Å². The molecule has 1 saturated carbocycles. The molecule has 1 aliphatic heterocycles. The molecule has 1 fully saturated rings. The molecule has 0 spiro atoms. The number of aliphatic imine (C=N–C) groups is 1. The van der Waals surface area contributed by atoms with Gasteiger partial charge in [-0.3, -0.25) is 0 Å². The maximum absolute atomic E-state index is 15.3. The van der Waals surface area contributed by atoms with E-state index in [0.717, 1.165) is 64.6 Å². The van der Waals surface area contributed by atoms with Gasteiger partial charge in [-0.05, 0) is 91.5 Å². The van der Waals surface area contributed by atoms with Gasteiger partial charge in [-0.25, -0.2) is 4.99 Å². The highest BCUT2D eigenvalue weighted by Gasteiger charge is 2.58. The van der Waals surface area contributed by atoms with Crippen molar-refractivity contribution >= 4 is 33.4 Å². The minimum Gasteiger partial charge on any atom is -0.385 e. The molecule has 414 valence electrons. The predicted molar refractivity (Wildman–Crippen MR) is 308 cm³/mol. The van der Waals surface area contributed by atoms with Gasteiger partial charge in [-0.2, -0.15) is 30.7 Å². The molecule has 13 heteroatoms. The van der Waals surface area contributed by atoms with Gasteiger partial charge in [0.05, 0.1) is 11.4 Å². The van der Waals surface area contributed by atoms with Crippen molar-refractivity contribution in [2.24, 2.45) is 10.9 Å². The van der Waals surface area contributed by atoms with Gasteiger partial charge in [0.15, 0.2) is 0 Å². The van der Waals surface area contributed by atoms with Crippen LogP contribution in [-0.2, 0) is 31.0 Å². The lowest BCUT2D eigenvalue weighted by Gasteiger charge is -2.27. The molecule has 1 aliphatic carbocycles. The number of aromatic nitrogens is 1. The second kappa shape index (κ2) is 23.1. The molecule has 7 rings (SSSR count). The Kier molecular flexibility index (Phi) is 18.0. The van der Waals surface area contributed by atoms with E-state index in [2.05, 4.69) is 138 Å². The van der Waals surface area contributed by atoms with Crippen molar-refractivity contribution in [3.05, 3.63) is 154 Å². The second-order valence-corrected chi connectivity index (χ2v) is 26.3. The van der Waals surface area contributed by atoms with Crippen molar-refractivity contribution in [2.75, 3.05) is 13.2 Å². The van der Waals surface area contributed by atoms with Crippen molar-refractivity contribution in [3.8, 4) is 22.4 Å². The lowest BCUT2D eigenvalue weighted by Crippen LogP contribution is -2.46. The average Bonchev–Trinajstić information content (AvgIpc) is 3.98. The molecule has 2 aliphatic rings. The first-order valence-corrected chi connectivity index (χ1v) is 27.9. The van der Waals surface area contributed by atoms with Gasteiger partial charge in [-0.15, -0.1) is 0 Å². The Morgan fingerprint density at radius 3 is 1.47 bits per heavy atom. The lowest BCUT2D eigenvalue weighted by atomic mass is 9.84. The minimum atomic E-state index is -6.01. The van der Waals surface area contributed by atoms with E-state index in [9.17, 15) is 13.2 Å². The molecule has 0 saturated heterocycles. The van der Waals surface area contributed by atoms with Crippen LogP contribution in [-0.4, -0.2) is 48.4 Å². The Hall–Kier alpha value is -4.77. The number of allylic oxidation sites excluding steroid dienone is 3. The summed E-state index contributed by atoms with van der Waals surface area (Å²) < 4.78 is 116. The molecule has 0 radical (unpaired) electrons. The standard InChI is InChI=1S/C64H79BF7N2O2P/c1-58(2,3)47-30-22-43(23-31-47)52-38-54(45-26-34-49(35-27-45)60(7,8)9)73-56(52)51(21-17-16-20-42-18-14-13-15-19-42)57-53(44-24-32-48(33-25-44)59(4,5)6)39-55(46-28-36-50(37-29-46)61(10,11)12)74(57)65(76-41-63(68,69)77)75-40-62(66,67)64(70,71)72/h22-39,42H,13-21,40-41,77H2,1-12H3/b56-51-. The summed E-state index contributed by atoms with van der Waals surface area (Å²) in [4.78, 5) is 5.55. The topological polar surface area (TPSA) is 35.8 Å². The Labute approximate surface area is 456 Å². The maximum Gasteiger partial charge on any atom is 0.598 e. The number of rotatable bonds is 17. The quantitative estimate of drug-likeness (QED) is 0.0403. The monoisotopic (exact) mass is 1080 g/mol. The maximum atomic E-state index is 15.3. The van der Waals surface area contributed by atoms with E-state index in [1.807, 2.05) is 54.6 Å². The molecule has 5 aromatic rings. The summed E-state index contributed by atoms with van der Waals surface area (Å²) in [6.45, 7) is 21.8. The molecule has 0 N–H and O–H groups in total. The third-order valence-electron chi connectivity index (χ3n) is 15.1. The number of halogens is 7. The molecule has 0 bridgehead atoms. The fourth-order valence-corrected chi connectivity index (χ4v) is 10.4. The first-order chi connectivity index (χ1) is 35.7. The Morgan fingerprint density at radius 2 is 1.01 bits per heavy atom. The second-order valence-electron chi connectivity index (χ2n) is 25.5. The zero-order valence-corrected chi connectivity index (χ0v) is 48.4. The van der Waals surface area contributed by atoms with E-state index in [0.29, 0.717) is 63.8 Å². The molecule has 1 unspecified atom stereocenters. The number of unbranched alkanes of at least 4 members (excludes halogenated alkanes) is 1. The van der Waals surface area contributed by atoms with Crippen LogP contribution in [0, 0.1) is 5.92 Å². The number of hydrogen-bond donors (Lipinski definition) is 0. The Bertz CT molecular complexity index is 2900. The first kappa shape index (κ1) is 59.9. The minimum absolute atomic E-state index is 0.121. The van der Waals surface area contributed by atoms with E-state index >= 15 is 17.6 Å². The van der Waals surface area contributed by atoms with Crippen molar-refractivity contribution in [1.82, 2.24) is 4.48 Å². The highest BCUT2D eigenvalue weighted by Crippen LogP contribution is 2.47. The van der Waals surface area contributed by atoms with Crippen molar-refractivity contribution < 1.29 is 40.0 Å². The van der Waals surface area contributed by atoms with E-state index in [4.69, 9.17) is 14.3 Å². The van der Waals surface area contributed by atoms with Crippen LogP contribution in [0.3, 0.4) is 0 Å². The largest absolute Gasteiger partial charge is 0.598 e. The molecule has 1 atom stereocenters. The van der Waals surface area contributed by atoms with E-state index < -0.39 is 38.2 Å². The smallest absolute Gasteiger partial charge is 0.385 e. The third kappa shape index (κ3) is 14.9. The van der Waals surface area contributed by atoms with Crippen LogP contribution < -0.4 is 0 Å². The van der Waals surface area contributed by atoms with Gasteiger partial charge in [0.2, 0.25) is 0 Å². The van der Waals surface area contributed by atoms with Gasteiger partial charge in [-0.1, -0.05) is 234 Å². The number of nitrogens with zero attached hydrogens (tertiary/aromatic N) is 2. The summed E-state index contributed by atoms with van der Waals surface area (Å²) >= 11 is 0. The predicted octanol–water partition coefficient (Wildman–Crippen LogP) is 19.0. The van der Waals surface area contributed by atoms with Gasteiger partial charge in [0.25, 0.3) is 5.66 Å². The summed E-state index contributed by atoms with van der Waals surface area (Å²) in [5.41, 5.74) is 6.58. The van der Waals surface area contributed by atoms with Crippen LogP contribution in [0.15, 0.2) is 120 Å². The van der Waals surface area contributed by atoms with E-state index in [1.54, 1.807) is 0 Å². The van der Waals surface area contributed by atoms with Crippen LogP contribution >= 0.6 is 9.24 Å². The van der Waals surface area contributed by atoms with E-state index in [-0.39, 0.29) is 21.7 Å². The Balaban J connectivity index is 1.62. The zero-order valence-electron chi connectivity index (χ0n) is 47.3. The molecule has 2 heterocycles. The zero-order chi connectivity index (χ0) is 56.5. The lowest BCUT2D eigenvalue weighted by molar-refractivity contribution is -0.291. The molecular weight excluding hydrogens is 1000 g/mol. The number of alkyl halides is 7. The first-order valence-electron chi connectivity index (χ1n) is 27.3. The number of hydrogen-bond acceptors (Lipinski definition) is 3. The fourth-order valence-electron chi connectivity index (χ4n) is 10.3. The Morgan fingerprint density at radius 1 is 0.571 bits per heavy atom. The third-order valence-corrected chi connectivity index (χ3v) is 15.2. The van der Waals surface area contributed by atoms with Crippen LogP contribution in [0.5, 0.6) is 0 Å². The van der Waals surface area contributed by atoms with Crippen LogP contribution in [0.25, 0.3) is 33.5 Å². The van der Waals surface area contributed by atoms with Gasteiger partial charge in [0.1, 0.15) is 13.2 Å². The summed E-state index contributed by atoms with van der Waals surface area (Å²) in [5, 5.41) is 0. The van der Waals surface area contributed by atoms with Crippen LogP contribution in [0.1, 0.15) is 180 Å². The summed E-state index contributed by atoms with van der Waals surface area (Å²) in [5.74, 6) is -4.80. The molecule has 1 aromatic heterocycles. The highest BCUT2D eigenvalue weighted by atomic mass is 31.0. The van der Waals surface area contributed by atoms with Crippen LogP contribution in [0.4, 0.5) is 30.7 Å². The fraction of sp³-hybridized carbons (Fsp3) is 0.484. The van der Waals surface area contributed by atoms with Crippen LogP contribution in [0.2, 0.25) is 0 Å². The molecule has 0 amide bonds. The molecule has 4 nitrogen and oxygen atoms in total. The summed E-state index contributed by atoms with van der Waals surface area (Å²) in [6.07, 6.45) is 4.79. The average molecular weight is 1080 g/mol. The number of benzene rings is 4. The molecular formula is C64H79BF7N2O2P.